The highest BCUT2D eigenvalue weighted by Gasteiger charge is 2.16. The van der Waals surface area contributed by atoms with Gasteiger partial charge in [0.25, 0.3) is 0 Å². The molecule has 0 aliphatic rings. The van der Waals surface area contributed by atoms with E-state index in [2.05, 4.69) is 6.58 Å². The van der Waals surface area contributed by atoms with Crippen molar-refractivity contribution in [3.05, 3.63) is 48.0 Å². The molecule has 0 heterocycles. The van der Waals surface area contributed by atoms with Crippen LogP contribution < -0.4 is 0 Å². The van der Waals surface area contributed by atoms with Gasteiger partial charge >= 0.3 is 5.97 Å². The molecule has 3 nitrogen and oxygen atoms in total. The lowest BCUT2D eigenvalue weighted by Gasteiger charge is -2.16. The minimum Gasteiger partial charge on any atom is -0.463 e. The summed E-state index contributed by atoms with van der Waals surface area (Å²) in [6, 6.07) is 9.75. The molecule has 0 fully saturated rings. The predicted octanol–water partition coefficient (Wildman–Crippen LogP) is 2.88. The standard InChI is InChI=1S/C14H18O3/c1-4-17-14(15)11(2)10-13(16-3)12-8-6-5-7-9-12/h5-9,13H,2,4,10H2,1,3H3/t13-/m0/s1. The number of rotatable bonds is 6. The van der Waals surface area contributed by atoms with Gasteiger partial charge in [0, 0.05) is 19.1 Å². The number of benzene rings is 1. The van der Waals surface area contributed by atoms with Crippen molar-refractivity contribution >= 4 is 5.97 Å². The van der Waals surface area contributed by atoms with Crippen LogP contribution in [0.1, 0.15) is 25.0 Å². The van der Waals surface area contributed by atoms with Gasteiger partial charge in [-0.05, 0) is 12.5 Å². The van der Waals surface area contributed by atoms with Gasteiger partial charge in [0.05, 0.1) is 12.7 Å². The summed E-state index contributed by atoms with van der Waals surface area (Å²) in [5.74, 6) is -0.356. The summed E-state index contributed by atoms with van der Waals surface area (Å²) >= 11 is 0. The van der Waals surface area contributed by atoms with Crippen molar-refractivity contribution in [2.45, 2.75) is 19.4 Å². The Morgan fingerprint density at radius 1 is 1.35 bits per heavy atom. The Bertz CT molecular complexity index is 370. The van der Waals surface area contributed by atoms with Crippen molar-refractivity contribution in [2.75, 3.05) is 13.7 Å². The van der Waals surface area contributed by atoms with Gasteiger partial charge in [-0.15, -0.1) is 0 Å². The molecule has 0 unspecified atom stereocenters. The van der Waals surface area contributed by atoms with Crippen molar-refractivity contribution < 1.29 is 14.3 Å². The zero-order valence-electron chi connectivity index (χ0n) is 10.3. The molecule has 1 atom stereocenters. The third-order valence-corrected chi connectivity index (χ3v) is 2.45. The van der Waals surface area contributed by atoms with Crippen LogP contribution in [0.3, 0.4) is 0 Å². The van der Waals surface area contributed by atoms with E-state index in [-0.39, 0.29) is 12.1 Å². The van der Waals surface area contributed by atoms with Crippen LogP contribution in [0.25, 0.3) is 0 Å². The molecule has 0 saturated heterocycles. The number of carbonyl (C=O) groups excluding carboxylic acids is 1. The molecule has 0 aliphatic heterocycles. The fourth-order valence-corrected chi connectivity index (χ4v) is 1.55. The van der Waals surface area contributed by atoms with Crippen LogP contribution in [0.2, 0.25) is 0 Å². The third kappa shape index (κ3) is 4.04. The maximum atomic E-state index is 11.4. The molecular formula is C14H18O3. The number of carbonyl (C=O) groups is 1. The van der Waals surface area contributed by atoms with Crippen molar-refractivity contribution in [1.82, 2.24) is 0 Å². The second-order valence-electron chi connectivity index (χ2n) is 3.66. The molecule has 3 heteroatoms. The van der Waals surface area contributed by atoms with Crippen LogP contribution in [0.15, 0.2) is 42.5 Å². The van der Waals surface area contributed by atoms with Gasteiger partial charge in [-0.2, -0.15) is 0 Å². The maximum absolute atomic E-state index is 11.4. The quantitative estimate of drug-likeness (QED) is 0.561. The Labute approximate surface area is 102 Å². The number of ether oxygens (including phenoxy) is 2. The Kier molecular flexibility index (Phi) is 5.43. The number of methoxy groups -OCH3 is 1. The van der Waals surface area contributed by atoms with Crippen molar-refractivity contribution in [2.24, 2.45) is 0 Å². The Balaban J connectivity index is 2.65. The summed E-state index contributed by atoms with van der Waals surface area (Å²) in [5, 5.41) is 0. The highest BCUT2D eigenvalue weighted by Crippen LogP contribution is 2.23. The summed E-state index contributed by atoms with van der Waals surface area (Å²) in [6.45, 7) is 5.87. The van der Waals surface area contributed by atoms with E-state index in [1.165, 1.54) is 0 Å². The van der Waals surface area contributed by atoms with Gasteiger partial charge in [0.15, 0.2) is 0 Å². The predicted molar refractivity (Wildman–Crippen MR) is 66.6 cm³/mol. The van der Waals surface area contributed by atoms with Crippen molar-refractivity contribution in [3.8, 4) is 0 Å². The molecule has 0 bridgehead atoms. The Morgan fingerprint density at radius 2 is 2.00 bits per heavy atom. The van der Waals surface area contributed by atoms with Crippen LogP contribution in [0.4, 0.5) is 0 Å². The molecule has 0 aliphatic carbocycles. The first kappa shape index (κ1) is 13.5. The lowest BCUT2D eigenvalue weighted by atomic mass is 10.0. The van der Waals surface area contributed by atoms with Crippen LogP contribution in [-0.2, 0) is 14.3 Å². The highest BCUT2D eigenvalue weighted by atomic mass is 16.5. The highest BCUT2D eigenvalue weighted by molar-refractivity contribution is 5.87. The molecule has 0 aromatic heterocycles. The van der Waals surface area contributed by atoms with E-state index in [1.54, 1.807) is 14.0 Å². The summed E-state index contributed by atoms with van der Waals surface area (Å²) in [6.07, 6.45) is 0.285. The van der Waals surface area contributed by atoms with Gasteiger partial charge in [0.2, 0.25) is 0 Å². The van der Waals surface area contributed by atoms with Crippen LogP contribution in [0.5, 0.6) is 0 Å². The first-order valence-corrected chi connectivity index (χ1v) is 5.61. The Hall–Kier alpha value is -1.61. The minimum absolute atomic E-state index is 0.159. The van der Waals surface area contributed by atoms with Gasteiger partial charge in [-0.1, -0.05) is 36.9 Å². The van der Waals surface area contributed by atoms with Gasteiger partial charge in [-0.3, -0.25) is 0 Å². The topological polar surface area (TPSA) is 35.5 Å². The van der Waals surface area contributed by atoms with Gasteiger partial charge < -0.3 is 9.47 Å². The molecule has 0 amide bonds. The largest absolute Gasteiger partial charge is 0.463 e. The normalized spacial score (nSPS) is 11.9. The maximum Gasteiger partial charge on any atom is 0.333 e. The minimum atomic E-state index is -0.356. The molecule has 92 valence electrons. The van der Waals surface area contributed by atoms with E-state index >= 15 is 0 Å². The second-order valence-corrected chi connectivity index (χ2v) is 3.66. The summed E-state index contributed by atoms with van der Waals surface area (Å²) in [4.78, 5) is 11.4. The molecule has 1 aromatic rings. The summed E-state index contributed by atoms with van der Waals surface area (Å²) in [5.41, 5.74) is 1.46. The molecule has 1 rings (SSSR count). The number of esters is 1. The lowest BCUT2D eigenvalue weighted by molar-refractivity contribution is -0.138. The fourth-order valence-electron chi connectivity index (χ4n) is 1.55. The summed E-state index contributed by atoms with van der Waals surface area (Å²) < 4.78 is 10.3. The van der Waals surface area contributed by atoms with Gasteiger partial charge in [0.1, 0.15) is 0 Å². The Morgan fingerprint density at radius 3 is 2.53 bits per heavy atom. The van der Waals surface area contributed by atoms with E-state index in [0.717, 1.165) is 5.56 Å². The van der Waals surface area contributed by atoms with E-state index in [0.29, 0.717) is 18.6 Å². The fraction of sp³-hybridized carbons (Fsp3) is 0.357. The van der Waals surface area contributed by atoms with E-state index in [1.807, 2.05) is 30.3 Å². The SMILES string of the molecule is C=C(C[C@H](OC)c1ccccc1)C(=O)OCC. The van der Waals surface area contributed by atoms with Crippen molar-refractivity contribution in [1.29, 1.82) is 0 Å². The average Bonchev–Trinajstić information content (AvgIpc) is 2.37. The smallest absolute Gasteiger partial charge is 0.333 e. The number of hydrogen-bond donors (Lipinski definition) is 0. The lowest BCUT2D eigenvalue weighted by Crippen LogP contribution is -2.11. The molecule has 0 N–H and O–H groups in total. The molecular weight excluding hydrogens is 216 g/mol. The molecule has 17 heavy (non-hydrogen) atoms. The third-order valence-electron chi connectivity index (χ3n) is 2.45. The molecule has 0 saturated carbocycles. The van der Waals surface area contributed by atoms with E-state index in [4.69, 9.17) is 9.47 Å². The van der Waals surface area contributed by atoms with E-state index in [9.17, 15) is 4.79 Å². The first-order valence-electron chi connectivity index (χ1n) is 5.61. The molecule has 0 radical (unpaired) electrons. The van der Waals surface area contributed by atoms with Crippen LogP contribution >= 0.6 is 0 Å². The van der Waals surface area contributed by atoms with Crippen LogP contribution in [-0.4, -0.2) is 19.7 Å². The second kappa shape index (κ2) is 6.86. The zero-order chi connectivity index (χ0) is 12.7. The monoisotopic (exact) mass is 234 g/mol. The van der Waals surface area contributed by atoms with Crippen molar-refractivity contribution in [3.63, 3.8) is 0 Å². The molecule has 1 aromatic carbocycles. The summed E-state index contributed by atoms with van der Waals surface area (Å²) in [7, 11) is 1.62. The number of hydrogen-bond acceptors (Lipinski definition) is 3. The zero-order valence-corrected chi connectivity index (χ0v) is 10.3. The van der Waals surface area contributed by atoms with E-state index < -0.39 is 0 Å². The first-order chi connectivity index (χ1) is 8.19. The van der Waals surface area contributed by atoms with Gasteiger partial charge in [-0.25, -0.2) is 4.79 Å². The molecule has 0 spiro atoms. The average molecular weight is 234 g/mol. The van der Waals surface area contributed by atoms with Crippen LogP contribution in [0, 0.1) is 0 Å².